The summed E-state index contributed by atoms with van der Waals surface area (Å²) in [6.07, 6.45) is 1.51. The van der Waals surface area contributed by atoms with Crippen LogP contribution in [0, 0.1) is 5.82 Å². The molecule has 5 nitrogen and oxygen atoms in total. The average Bonchev–Trinajstić information content (AvgIpc) is 3.08. The van der Waals surface area contributed by atoms with Crippen molar-refractivity contribution in [2.24, 2.45) is 4.99 Å². The highest BCUT2D eigenvalue weighted by Crippen LogP contribution is 2.12. The first kappa shape index (κ1) is 20.4. The number of aliphatic hydroxyl groups excluding tert-OH is 1. The maximum atomic E-state index is 12.9. The van der Waals surface area contributed by atoms with Crippen LogP contribution in [0.5, 0.6) is 0 Å². The summed E-state index contributed by atoms with van der Waals surface area (Å²) in [6, 6.07) is 9.88. The van der Waals surface area contributed by atoms with Gasteiger partial charge in [-0.3, -0.25) is 4.99 Å². The Hall–Kier alpha value is -1.61. The molecule has 1 aromatic carbocycles. The number of nitrogens with one attached hydrogen (secondary N) is 2. The summed E-state index contributed by atoms with van der Waals surface area (Å²) < 4.78 is 18.0. The molecule has 3 N–H and O–H groups in total. The zero-order valence-corrected chi connectivity index (χ0v) is 15.9. The monoisotopic (exact) mass is 447 g/mol. The van der Waals surface area contributed by atoms with Gasteiger partial charge in [0.1, 0.15) is 17.7 Å². The first-order chi connectivity index (χ1) is 11.2. The Bertz CT molecular complexity index is 603. The second-order valence-electron chi connectivity index (χ2n) is 5.05. The predicted molar refractivity (Wildman–Crippen MR) is 103 cm³/mol. The largest absolute Gasteiger partial charge is 0.467 e. The standard InChI is InChI=1S/C17H22FN3O2.HI/c1-2-19-17(21-12-15(22)16-4-3-11-23-16)20-10-9-13-5-7-14(18)8-6-13;/h3-8,11,15,22H,2,9-10,12H2,1H3,(H2,19,20,21);1H. The molecule has 0 spiro atoms. The van der Waals surface area contributed by atoms with Gasteiger partial charge < -0.3 is 20.2 Å². The molecule has 1 aromatic heterocycles. The molecule has 1 heterocycles. The van der Waals surface area contributed by atoms with Crippen molar-refractivity contribution in [3.63, 3.8) is 0 Å². The van der Waals surface area contributed by atoms with E-state index >= 15 is 0 Å². The third-order valence-corrected chi connectivity index (χ3v) is 3.26. The van der Waals surface area contributed by atoms with Crippen molar-refractivity contribution in [2.75, 3.05) is 19.6 Å². The van der Waals surface area contributed by atoms with Crippen molar-refractivity contribution in [2.45, 2.75) is 19.4 Å². The first-order valence-corrected chi connectivity index (χ1v) is 7.67. The number of aliphatic hydroxyl groups is 1. The topological polar surface area (TPSA) is 69.8 Å². The number of aliphatic imine (C=N–C) groups is 1. The SMILES string of the molecule is CCNC(=NCC(O)c1ccco1)NCCc1ccc(F)cc1.I. The van der Waals surface area contributed by atoms with E-state index in [9.17, 15) is 9.50 Å². The zero-order chi connectivity index (χ0) is 16.5. The number of furan rings is 1. The van der Waals surface area contributed by atoms with Crippen LogP contribution in [0.1, 0.15) is 24.4 Å². The molecule has 0 saturated heterocycles. The number of guanidine groups is 1. The highest BCUT2D eigenvalue weighted by molar-refractivity contribution is 14.0. The Morgan fingerprint density at radius 3 is 2.62 bits per heavy atom. The Morgan fingerprint density at radius 1 is 1.25 bits per heavy atom. The van der Waals surface area contributed by atoms with Crippen LogP contribution in [0.4, 0.5) is 4.39 Å². The molecule has 0 aliphatic rings. The van der Waals surface area contributed by atoms with Crippen LogP contribution in [0.25, 0.3) is 0 Å². The number of rotatable bonds is 7. The van der Waals surface area contributed by atoms with Gasteiger partial charge in [-0.05, 0) is 43.2 Å². The lowest BCUT2D eigenvalue weighted by Gasteiger charge is -2.12. The lowest BCUT2D eigenvalue weighted by molar-refractivity contribution is 0.158. The minimum absolute atomic E-state index is 0. The van der Waals surface area contributed by atoms with Crippen LogP contribution in [0.15, 0.2) is 52.1 Å². The molecule has 0 amide bonds. The van der Waals surface area contributed by atoms with Crippen LogP contribution < -0.4 is 10.6 Å². The maximum Gasteiger partial charge on any atom is 0.191 e. The first-order valence-electron chi connectivity index (χ1n) is 7.67. The molecule has 7 heteroatoms. The van der Waals surface area contributed by atoms with Gasteiger partial charge in [0.05, 0.1) is 12.8 Å². The molecular formula is C17H23FIN3O2. The van der Waals surface area contributed by atoms with Crippen LogP contribution >= 0.6 is 24.0 Å². The second-order valence-corrected chi connectivity index (χ2v) is 5.05. The van der Waals surface area contributed by atoms with Gasteiger partial charge in [0.15, 0.2) is 5.96 Å². The predicted octanol–water partition coefficient (Wildman–Crippen LogP) is 2.87. The maximum absolute atomic E-state index is 12.9. The lowest BCUT2D eigenvalue weighted by atomic mass is 10.1. The van der Waals surface area contributed by atoms with Gasteiger partial charge >= 0.3 is 0 Å². The summed E-state index contributed by atoms with van der Waals surface area (Å²) in [5.74, 6) is 0.889. The molecule has 24 heavy (non-hydrogen) atoms. The molecule has 132 valence electrons. The Balaban J connectivity index is 0.00000288. The third kappa shape index (κ3) is 6.88. The highest BCUT2D eigenvalue weighted by Gasteiger charge is 2.09. The fourth-order valence-electron chi connectivity index (χ4n) is 2.07. The number of hydrogen-bond donors (Lipinski definition) is 3. The molecule has 0 fully saturated rings. The number of hydrogen-bond acceptors (Lipinski definition) is 3. The van der Waals surface area contributed by atoms with Gasteiger partial charge in [-0.15, -0.1) is 24.0 Å². The summed E-state index contributed by atoms with van der Waals surface area (Å²) in [5, 5.41) is 16.3. The summed E-state index contributed by atoms with van der Waals surface area (Å²) in [7, 11) is 0. The Morgan fingerprint density at radius 2 is 2.00 bits per heavy atom. The van der Waals surface area contributed by atoms with E-state index in [1.165, 1.54) is 18.4 Å². The lowest BCUT2D eigenvalue weighted by Crippen LogP contribution is -2.38. The van der Waals surface area contributed by atoms with E-state index in [1.807, 2.05) is 6.92 Å². The Labute approximate surface area is 158 Å². The molecule has 0 saturated carbocycles. The van der Waals surface area contributed by atoms with Crippen molar-refractivity contribution in [3.8, 4) is 0 Å². The van der Waals surface area contributed by atoms with Crippen LogP contribution in [0.3, 0.4) is 0 Å². The van der Waals surface area contributed by atoms with Crippen LogP contribution in [-0.2, 0) is 6.42 Å². The summed E-state index contributed by atoms with van der Waals surface area (Å²) in [6.45, 7) is 3.56. The molecule has 2 rings (SSSR count). The van der Waals surface area contributed by atoms with Crippen molar-refractivity contribution in [1.29, 1.82) is 0 Å². The summed E-state index contributed by atoms with van der Waals surface area (Å²) >= 11 is 0. The van der Waals surface area contributed by atoms with Gasteiger partial charge in [0, 0.05) is 13.1 Å². The van der Waals surface area contributed by atoms with Gasteiger partial charge in [0.25, 0.3) is 0 Å². The van der Waals surface area contributed by atoms with E-state index in [1.54, 1.807) is 24.3 Å². The van der Waals surface area contributed by atoms with E-state index < -0.39 is 6.10 Å². The minimum Gasteiger partial charge on any atom is -0.467 e. The van der Waals surface area contributed by atoms with Crippen molar-refractivity contribution in [1.82, 2.24) is 10.6 Å². The van der Waals surface area contributed by atoms with Crippen molar-refractivity contribution >= 4 is 29.9 Å². The fourth-order valence-corrected chi connectivity index (χ4v) is 2.07. The fraction of sp³-hybridized carbons (Fsp3) is 0.353. The molecule has 0 aliphatic heterocycles. The van der Waals surface area contributed by atoms with Crippen LogP contribution in [-0.4, -0.2) is 30.7 Å². The number of benzene rings is 1. The smallest absolute Gasteiger partial charge is 0.191 e. The van der Waals surface area contributed by atoms with E-state index in [-0.39, 0.29) is 36.3 Å². The summed E-state index contributed by atoms with van der Waals surface area (Å²) in [4.78, 5) is 4.34. The van der Waals surface area contributed by atoms with Gasteiger partial charge in [0.2, 0.25) is 0 Å². The van der Waals surface area contributed by atoms with E-state index in [4.69, 9.17) is 4.42 Å². The van der Waals surface area contributed by atoms with Crippen molar-refractivity contribution < 1.29 is 13.9 Å². The molecule has 2 aromatic rings. The van der Waals surface area contributed by atoms with Crippen LogP contribution in [0.2, 0.25) is 0 Å². The van der Waals surface area contributed by atoms with E-state index in [0.717, 1.165) is 18.5 Å². The summed E-state index contributed by atoms with van der Waals surface area (Å²) in [5.41, 5.74) is 1.05. The molecule has 0 aliphatic carbocycles. The molecule has 0 bridgehead atoms. The van der Waals surface area contributed by atoms with Gasteiger partial charge in [-0.25, -0.2) is 4.39 Å². The van der Waals surface area contributed by atoms with Crippen molar-refractivity contribution in [3.05, 3.63) is 59.8 Å². The van der Waals surface area contributed by atoms with E-state index in [2.05, 4.69) is 15.6 Å². The second kappa shape index (κ2) is 11.0. The average molecular weight is 447 g/mol. The third-order valence-electron chi connectivity index (χ3n) is 3.26. The zero-order valence-electron chi connectivity index (χ0n) is 13.5. The molecule has 0 radical (unpaired) electrons. The molecule has 1 atom stereocenters. The molecular weight excluding hydrogens is 424 g/mol. The molecule has 1 unspecified atom stereocenters. The van der Waals surface area contributed by atoms with E-state index in [0.29, 0.717) is 18.3 Å². The minimum atomic E-state index is -0.766. The quantitative estimate of drug-likeness (QED) is 0.347. The highest BCUT2D eigenvalue weighted by atomic mass is 127. The number of halogens is 2. The van der Waals surface area contributed by atoms with Gasteiger partial charge in [-0.1, -0.05) is 12.1 Å². The normalized spacial score (nSPS) is 12.4. The Kier molecular flexibility index (Phi) is 9.39. The number of nitrogens with zero attached hydrogens (tertiary/aromatic N) is 1. The van der Waals surface area contributed by atoms with Gasteiger partial charge in [-0.2, -0.15) is 0 Å².